The number of nitrogens with one attached hydrogen (secondary N) is 1. The van der Waals surface area contributed by atoms with E-state index < -0.39 is 77.3 Å². The number of morpholine rings is 1. The lowest BCUT2D eigenvalue weighted by Crippen LogP contribution is -2.52. The first-order chi connectivity index (χ1) is 22.7. The maximum Gasteiger partial charge on any atom is 0.411 e. The number of aryl methyl sites for hydroxylation is 1. The van der Waals surface area contributed by atoms with Crippen LogP contribution < -0.4 is 25.2 Å². The van der Waals surface area contributed by atoms with Gasteiger partial charge in [-0.15, -0.1) is 0 Å². The van der Waals surface area contributed by atoms with E-state index in [0.717, 1.165) is 59.4 Å². The average molecular weight is 683 g/mol. The van der Waals surface area contributed by atoms with Crippen LogP contribution in [0.3, 0.4) is 0 Å². The molecule has 3 heterocycles. The minimum Gasteiger partial charge on any atom is -0.497 e. The van der Waals surface area contributed by atoms with Crippen LogP contribution in [0.2, 0.25) is 0 Å². The van der Waals surface area contributed by atoms with E-state index >= 15 is 17.6 Å². The summed E-state index contributed by atoms with van der Waals surface area (Å²) in [7, 11) is 1.16. The van der Waals surface area contributed by atoms with Gasteiger partial charge in [0.25, 0.3) is 11.5 Å². The second-order valence-corrected chi connectivity index (χ2v) is 10.9. The lowest BCUT2D eigenvalue weighted by molar-refractivity contribution is -0.177. The molecule has 1 aromatic heterocycles. The fourth-order valence-electron chi connectivity index (χ4n) is 5.62. The van der Waals surface area contributed by atoms with Gasteiger partial charge in [-0.3, -0.25) is 19.2 Å². The Labute approximate surface area is 268 Å². The Kier molecular flexibility index (Phi) is 9.70. The van der Waals surface area contributed by atoms with Gasteiger partial charge in [0.15, 0.2) is 0 Å². The summed E-state index contributed by atoms with van der Waals surface area (Å²) in [5, 5.41) is 2.37. The molecule has 0 unspecified atom stereocenters. The quantitative estimate of drug-likeness (QED) is 0.344. The van der Waals surface area contributed by atoms with Crippen LogP contribution in [0.1, 0.15) is 27.4 Å². The SMILES string of the molecule is COc1cc(F)c([C@@H]2CN(c3c(C)ccn(C(F)(F)C(=O)N4CCOCC4)c3=O)C(=O)[C@H]2NC(=O)c2ccc(OC(F)F)cc2)c(F)c1. The average Bonchev–Trinajstić information content (AvgIpc) is 3.34. The molecule has 2 aromatic carbocycles. The van der Waals surface area contributed by atoms with E-state index in [4.69, 9.17) is 9.47 Å². The van der Waals surface area contributed by atoms with Crippen molar-refractivity contribution in [1.82, 2.24) is 14.8 Å². The summed E-state index contributed by atoms with van der Waals surface area (Å²) in [6.45, 7) is -2.72. The Morgan fingerprint density at radius 2 is 1.62 bits per heavy atom. The van der Waals surface area contributed by atoms with E-state index in [0.29, 0.717) is 6.20 Å². The van der Waals surface area contributed by atoms with Gasteiger partial charge >= 0.3 is 18.6 Å². The van der Waals surface area contributed by atoms with Gasteiger partial charge in [-0.25, -0.2) is 13.3 Å². The number of aromatic nitrogens is 1. The topological polar surface area (TPSA) is 119 Å². The Morgan fingerprint density at radius 3 is 2.21 bits per heavy atom. The molecule has 2 aliphatic heterocycles. The standard InChI is InChI=1S/C31H28F6N4O7/c1-16-7-8-41(31(36,37)29(45)39-9-11-47-12-10-39)28(44)25(16)40-15-20(23-21(32)13-19(46-2)14-22(23)33)24(27(40)43)38-26(42)17-3-5-18(6-4-17)48-30(34)35/h3-8,13-14,20,24,30H,9-12,15H2,1-2H3,(H,38,42)/t20-,24-/m0/s1. The van der Waals surface area contributed by atoms with Crippen LogP contribution in [0, 0.1) is 18.6 Å². The van der Waals surface area contributed by atoms with E-state index in [1.165, 1.54) is 6.92 Å². The molecule has 2 fully saturated rings. The molecule has 2 aliphatic rings. The number of anilines is 1. The van der Waals surface area contributed by atoms with Crippen molar-refractivity contribution in [1.29, 1.82) is 0 Å². The molecule has 17 heteroatoms. The third kappa shape index (κ3) is 6.54. The molecule has 256 valence electrons. The van der Waals surface area contributed by atoms with Crippen LogP contribution in [0.5, 0.6) is 11.5 Å². The summed E-state index contributed by atoms with van der Waals surface area (Å²) in [6, 6.07) is 0.911. The number of methoxy groups -OCH3 is 1. The molecule has 0 saturated carbocycles. The molecule has 48 heavy (non-hydrogen) atoms. The Morgan fingerprint density at radius 1 is 1.00 bits per heavy atom. The summed E-state index contributed by atoms with van der Waals surface area (Å²) in [5.41, 5.74) is -2.88. The smallest absolute Gasteiger partial charge is 0.411 e. The molecule has 2 atom stereocenters. The minimum atomic E-state index is -4.39. The lowest BCUT2D eigenvalue weighted by Gasteiger charge is -2.31. The van der Waals surface area contributed by atoms with Crippen molar-refractivity contribution in [2.45, 2.75) is 31.5 Å². The van der Waals surface area contributed by atoms with Crippen molar-refractivity contribution >= 4 is 23.4 Å². The van der Waals surface area contributed by atoms with Crippen molar-refractivity contribution in [2.24, 2.45) is 0 Å². The molecular weight excluding hydrogens is 654 g/mol. The highest BCUT2D eigenvalue weighted by atomic mass is 19.3. The number of hydrogen-bond acceptors (Lipinski definition) is 7. The zero-order valence-electron chi connectivity index (χ0n) is 25.4. The maximum atomic E-state index is 15.6. The van der Waals surface area contributed by atoms with Crippen molar-refractivity contribution in [3.63, 3.8) is 0 Å². The maximum absolute atomic E-state index is 15.6. The number of ether oxygens (including phenoxy) is 3. The summed E-state index contributed by atoms with van der Waals surface area (Å²) in [5.74, 6) is -8.04. The third-order valence-electron chi connectivity index (χ3n) is 8.00. The van der Waals surface area contributed by atoms with Gasteiger partial charge in [-0.2, -0.15) is 17.6 Å². The highest BCUT2D eigenvalue weighted by Crippen LogP contribution is 2.37. The van der Waals surface area contributed by atoms with Gasteiger partial charge in [0.2, 0.25) is 5.91 Å². The van der Waals surface area contributed by atoms with E-state index in [-0.39, 0.29) is 53.5 Å². The fourth-order valence-corrected chi connectivity index (χ4v) is 5.62. The van der Waals surface area contributed by atoms with Crippen molar-refractivity contribution in [2.75, 3.05) is 44.9 Å². The van der Waals surface area contributed by atoms with Crippen LogP contribution in [0.4, 0.5) is 32.0 Å². The predicted molar refractivity (Wildman–Crippen MR) is 155 cm³/mol. The van der Waals surface area contributed by atoms with E-state index in [9.17, 15) is 28.0 Å². The molecule has 1 N–H and O–H groups in total. The molecule has 0 spiro atoms. The van der Waals surface area contributed by atoms with Gasteiger partial charge in [0, 0.05) is 55.0 Å². The third-order valence-corrected chi connectivity index (χ3v) is 8.00. The number of carbonyl (C=O) groups excluding carboxylic acids is 3. The summed E-state index contributed by atoms with van der Waals surface area (Å²) >= 11 is 0. The fraction of sp³-hybridized carbons (Fsp3) is 0.355. The van der Waals surface area contributed by atoms with E-state index in [2.05, 4.69) is 10.1 Å². The number of nitrogens with zero attached hydrogens (tertiary/aromatic N) is 3. The van der Waals surface area contributed by atoms with Crippen molar-refractivity contribution in [3.8, 4) is 11.5 Å². The normalized spacial score (nSPS) is 18.3. The molecule has 2 saturated heterocycles. The number of amides is 3. The minimum absolute atomic E-state index is 0.00948. The largest absolute Gasteiger partial charge is 0.497 e. The number of alkyl halides is 4. The number of rotatable bonds is 9. The molecule has 11 nitrogen and oxygen atoms in total. The Balaban J connectivity index is 1.54. The molecule has 5 rings (SSSR count). The Hall–Kier alpha value is -5.06. The summed E-state index contributed by atoms with van der Waals surface area (Å²) in [4.78, 5) is 55.2. The lowest BCUT2D eigenvalue weighted by atomic mass is 9.92. The van der Waals surface area contributed by atoms with Gasteiger partial charge in [-0.1, -0.05) is 0 Å². The Bertz CT molecular complexity index is 1760. The van der Waals surface area contributed by atoms with Gasteiger partial charge in [-0.05, 0) is 42.8 Å². The highest BCUT2D eigenvalue weighted by molar-refractivity contribution is 6.05. The first kappa shape index (κ1) is 34.3. The number of halogens is 6. The molecule has 0 radical (unpaired) electrons. The number of pyridine rings is 1. The van der Waals surface area contributed by atoms with E-state index in [1.807, 2.05) is 0 Å². The second kappa shape index (κ2) is 13.6. The number of hydrogen-bond donors (Lipinski definition) is 1. The van der Waals surface area contributed by atoms with Gasteiger partial charge in [0.05, 0.1) is 20.3 Å². The second-order valence-electron chi connectivity index (χ2n) is 10.9. The van der Waals surface area contributed by atoms with Crippen LogP contribution in [0.25, 0.3) is 0 Å². The number of carbonyl (C=O) groups is 3. The zero-order valence-corrected chi connectivity index (χ0v) is 25.4. The molecular formula is C31H28F6N4O7. The van der Waals surface area contributed by atoms with E-state index in [1.54, 1.807) is 0 Å². The molecule has 0 bridgehead atoms. The zero-order chi connectivity index (χ0) is 34.9. The first-order valence-corrected chi connectivity index (χ1v) is 14.4. The molecule has 3 aromatic rings. The number of benzene rings is 2. The highest BCUT2D eigenvalue weighted by Gasteiger charge is 2.49. The van der Waals surface area contributed by atoms with Crippen LogP contribution in [0.15, 0.2) is 53.5 Å². The predicted octanol–water partition coefficient (Wildman–Crippen LogP) is 3.38. The van der Waals surface area contributed by atoms with Crippen LogP contribution in [-0.2, 0) is 20.4 Å². The molecule has 3 amide bonds. The monoisotopic (exact) mass is 682 g/mol. The summed E-state index contributed by atoms with van der Waals surface area (Å²) < 4.78 is 101. The van der Waals surface area contributed by atoms with Gasteiger partial charge < -0.3 is 29.3 Å². The van der Waals surface area contributed by atoms with Crippen molar-refractivity contribution in [3.05, 3.63) is 87.3 Å². The van der Waals surface area contributed by atoms with Crippen LogP contribution in [-0.4, -0.2) is 79.8 Å². The van der Waals surface area contributed by atoms with Gasteiger partial charge in [0.1, 0.15) is 34.9 Å². The first-order valence-electron chi connectivity index (χ1n) is 14.4. The van der Waals surface area contributed by atoms with Crippen LogP contribution >= 0.6 is 0 Å². The van der Waals surface area contributed by atoms with Crippen molar-refractivity contribution < 1.29 is 54.9 Å². The molecule has 0 aliphatic carbocycles. The summed E-state index contributed by atoms with van der Waals surface area (Å²) in [6.07, 6.45) is 0.695.